The first-order valence-electron chi connectivity index (χ1n) is 6.46. The predicted molar refractivity (Wildman–Crippen MR) is 71.9 cm³/mol. The molecule has 1 saturated heterocycles. The summed E-state index contributed by atoms with van der Waals surface area (Å²) in [7, 11) is 1.18. The van der Waals surface area contributed by atoms with Gasteiger partial charge in [-0.2, -0.15) is 0 Å². The van der Waals surface area contributed by atoms with E-state index in [1.54, 1.807) is 0 Å². The highest BCUT2D eigenvalue weighted by Crippen LogP contribution is 2.26. The summed E-state index contributed by atoms with van der Waals surface area (Å²) in [6, 6.07) is 10.8. The van der Waals surface area contributed by atoms with Crippen LogP contribution in [-0.2, 0) is 11.2 Å². The Morgan fingerprint density at radius 2 is 2.00 bits per heavy atom. The van der Waals surface area contributed by atoms with E-state index in [9.17, 15) is 0 Å². The number of hydrogen-bond donors (Lipinski definition) is 0. The van der Waals surface area contributed by atoms with Crippen LogP contribution in [-0.4, -0.2) is 22.1 Å². The Labute approximate surface area is 102 Å². The summed E-state index contributed by atoms with van der Waals surface area (Å²) in [6.45, 7) is 0.995. The lowest BCUT2D eigenvalue weighted by atomic mass is 10.0. The molecule has 1 aromatic carbocycles. The molecule has 0 bridgehead atoms. The average Bonchev–Trinajstić information content (AvgIpc) is 2.31. The molecule has 1 aromatic rings. The van der Waals surface area contributed by atoms with Crippen LogP contribution >= 0.6 is 0 Å². The third-order valence-electron chi connectivity index (χ3n) is 3.56. The zero-order valence-corrected chi connectivity index (χ0v) is 12.2. The molecule has 0 amide bonds. The molecule has 2 rings (SSSR count). The van der Waals surface area contributed by atoms with E-state index in [0.29, 0.717) is 5.22 Å². The van der Waals surface area contributed by atoms with E-state index in [1.165, 1.54) is 54.3 Å². The van der Waals surface area contributed by atoms with Crippen molar-refractivity contribution in [2.45, 2.75) is 43.7 Å². The van der Waals surface area contributed by atoms with Gasteiger partial charge in [0.2, 0.25) is 0 Å². The van der Waals surface area contributed by atoms with Crippen molar-refractivity contribution in [3.8, 4) is 0 Å². The molecular formula is C14H22OSi. The maximum absolute atomic E-state index is 5.97. The van der Waals surface area contributed by atoms with Crippen LogP contribution in [0.1, 0.15) is 37.7 Å². The van der Waals surface area contributed by atoms with Gasteiger partial charge in [0.15, 0.2) is 0 Å². The Hall–Kier alpha value is -0.603. The fourth-order valence-corrected chi connectivity index (χ4v) is 3.41. The fraction of sp³-hybridized carbons (Fsp3) is 0.571. The molecule has 1 nitrogen and oxygen atoms in total. The van der Waals surface area contributed by atoms with Crippen molar-refractivity contribution in [3.05, 3.63) is 35.9 Å². The number of hydrogen-bond acceptors (Lipinski definition) is 1. The summed E-state index contributed by atoms with van der Waals surface area (Å²) < 4.78 is 5.97. The molecule has 1 heterocycles. The van der Waals surface area contributed by atoms with Gasteiger partial charge in [0.25, 0.3) is 0 Å². The van der Waals surface area contributed by atoms with Crippen LogP contribution in [0.4, 0.5) is 0 Å². The third kappa shape index (κ3) is 3.46. The highest BCUT2D eigenvalue weighted by Gasteiger charge is 2.26. The minimum atomic E-state index is 0.299. The van der Waals surface area contributed by atoms with Gasteiger partial charge >= 0.3 is 0 Å². The second-order valence-corrected chi connectivity index (χ2v) is 6.92. The monoisotopic (exact) mass is 234 g/mol. The first-order chi connectivity index (χ1) is 7.79. The summed E-state index contributed by atoms with van der Waals surface area (Å²) in [5, 5.41) is 0.299. The molecule has 0 aromatic heterocycles. The van der Waals surface area contributed by atoms with Crippen molar-refractivity contribution >= 4 is 10.2 Å². The van der Waals surface area contributed by atoms with Crippen molar-refractivity contribution in [2.24, 2.45) is 0 Å². The normalized spacial score (nSPS) is 25.8. The average molecular weight is 234 g/mol. The number of benzene rings is 1. The number of rotatable bonds is 4. The van der Waals surface area contributed by atoms with Gasteiger partial charge < -0.3 is 4.74 Å². The van der Waals surface area contributed by atoms with Gasteiger partial charge in [0, 0.05) is 22.1 Å². The lowest BCUT2D eigenvalue weighted by molar-refractivity contribution is -0.0235. The van der Waals surface area contributed by atoms with Crippen LogP contribution in [0.2, 0.25) is 0 Å². The van der Waals surface area contributed by atoms with E-state index in [2.05, 4.69) is 30.3 Å². The largest absolute Gasteiger partial charge is 0.380 e. The Morgan fingerprint density at radius 3 is 2.69 bits per heavy atom. The smallest absolute Gasteiger partial charge is 0.0486 e. The molecule has 1 aliphatic rings. The van der Waals surface area contributed by atoms with E-state index < -0.39 is 0 Å². The molecule has 0 N–H and O–H groups in total. The summed E-state index contributed by atoms with van der Waals surface area (Å²) >= 11 is 0. The predicted octanol–water partition coefficient (Wildman–Crippen LogP) is 2.27. The summed E-state index contributed by atoms with van der Waals surface area (Å²) in [5.41, 5.74) is 1.46. The Balaban J connectivity index is 1.75. The lowest BCUT2D eigenvalue weighted by Gasteiger charge is -2.34. The van der Waals surface area contributed by atoms with E-state index in [1.807, 2.05) is 0 Å². The minimum Gasteiger partial charge on any atom is -0.380 e. The molecule has 0 aliphatic carbocycles. The molecule has 1 unspecified atom stereocenters. The quantitative estimate of drug-likeness (QED) is 0.726. The third-order valence-corrected chi connectivity index (χ3v) is 4.85. The number of aryl methyl sites for hydroxylation is 1. The highest BCUT2D eigenvalue weighted by atomic mass is 28.1. The van der Waals surface area contributed by atoms with Gasteiger partial charge in [-0.05, 0) is 44.1 Å². The van der Waals surface area contributed by atoms with Crippen molar-refractivity contribution in [1.82, 2.24) is 0 Å². The SMILES string of the molecule is [SiH3]C1(CCCc2ccccc2)CCCCO1. The molecule has 88 valence electrons. The van der Waals surface area contributed by atoms with Gasteiger partial charge in [-0.3, -0.25) is 0 Å². The van der Waals surface area contributed by atoms with Crippen molar-refractivity contribution in [1.29, 1.82) is 0 Å². The molecule has 0 spiro atoms. The van der Waals surface area contributed by atoms with Crippen molar-refractivity contribution in [2.75, 3.05) is 6.61 Å². The first-order valence-corrected chi connectivity index (χ1v) is 7.46. The molecule has 0 saturated carbocycles. The Bertz CT molecular complexity index is 304. The van der Waals surface area contributed by atoms with Crippen LogP contribution < -0.4 is 0 Å². The molecular weight excluding hydrogens is 212 g/mol. The van der Waals surface area contributed by atoms with Crippen LogP contribution in [0.15, 0.2) is 30.3 Å². The summed E-state index contributed by atoms with van der Waals surface area (Å²) in [5.74, 6) is 0. The second kappa shape index (κ2) is 5.64. The lowest BCUT2D eigenvalue weighted by Crippen LogP contribution is -2.36. The molecule has 16 heavy (non-hydrogen) atoms. The molecule has 1 fully saturated rings. The zero-order valence-electron chi connectivity index (χ0n) is 10.2. The minimum absolute atomic E-state index is 0.299. The highest BCUT2D eigenvalue weighted by molar-refractivity contribution is 6.14. The van der Waals surface area contributed by atoms with Gasteiger partial charge in [-0.15, -0.1) is 0 Å². The zero-order chi connectivity index (χ0) is 11.3. The topological polar surface area (TPSA) is 9.23 Å². The van der Waals surface area contributed by atoms with Crippen LogP contribution in [0.5, 0.6) is 0 Å². The van der Waals surface area contributed by atoms with Gasteiger partial charge in [-0.1, -0.05) is 30.3 Å². The molecule has 1 aliphatic heterocycles. The van der Waals surface area contributed by atoms with Crippen LogP contribution in [0, 0.1) is 0 Å². The first kappa shape index (κ1) is 11.9. The van der Waals surface area contributed by atoms with Gasteiger partial charge in [0.05, 0.1) is 0 Å². The molecule has 0 radical (unpaired) electrons. The number of ether oxygens (including phenoxy) is 1. The van der Waals surface area contributed by atoms with Gasteiger partial charge in [-0.25, -0.2) is 0 Å². The Kier molecular flexibility index (Phi) is 4.19. The summed E-state index contributed by atoms with van der Waals surface area (Å²) in [4.78, 5) is 0. The van der Waals surface area contributed by atoms with E-state index in [-0.39, 0.29) is 0 Å². The second-order valence-electron chi connectivity index (χ2n) is 5.09. The van der Waals surface area contributed by atoms with E-state index in [0.717, 1.165) is 6.61 Å². The maximum Gasteiger partial charge on any atom is 0.0486 e. The maximum atomic E-state index is 5.97. The molecule has 1 atom stereocenters. The standard InChI is InChI=1S/C14H22OSi/c16-14(10-4-5-12-15-14)11-6-9-13-7-2-1-3-8-13/h1-3,7-8H,4-6,9-12H2,16H3. The van der Waals surface area contributed by atoms with E-state index >= 15 is 0 Å². The fourth-order valence-electron chi connectivity index (χ4n) is 2.50. The summed E-state index contributed by atoms with van der Waals surface area (Å²) in [6.07, 6.45) is 7.67. The van der Waals surface area contributed by atoms with E-state index in [4.69, 9.17) is 4.74 Å². The van der Waals surface area contributed by atoms with Crippen LogP contribution in [0.25, 0.3) is 0 Å². The van der Waals surface area contributed by atoms with Crippen molar-refractivity contribution < 1.29 is 4.74 Å². The van der Waals surface area contributed by atoms with Crippen LogP contribution in [0.3, 0.4) is 0 Å². The van der Waals surface area contributed by atoms with Gasteiger partial charge in [0.1, 0.15) is 0 Å². The van der Waals surface area contributed by atoms with Crippen molar-refractivity contribution in [3.63, 3.8) is 0 Å². The molecule has 2 heteroatoms. The Morgan fingerprint density at radius 1 is 1.19 bits per heavy atom.